The molecule has 1 aliphatic carbocycles. The van der Waals surface area contributed by atoms with E-state index in [0.717, 1.165) is 31.0 Å². The zero-order valence-corrected chi connectivity index (χ0v) is 12.1. The monoisotopic (exact) mass is 253 g/mol. The largest absolute Gasteiger partial charge is 0.381 e. The van der Waals surface area contributed by atoms with Gasteiger partial charge in [0.05, 0.1) is 0 Å². The minimum atomic E-state index is 0.952. The number of rotatable bonds is 6. The Labute approximate surface area is 113 Å². The lowest BCUT2D eigenvalue weighted by Gasteiger charge is -2.35. The van der Waals surface area contributed by atoms with E-state index < -0.39 is 0 Å². The number of nitrogens with one attached hydrogen (secondary N) is 1. The predicted octanol–water partition coefficient (Wildman–Crippen LogP) is 3.61. The van der Waals surface area contributed by atoms with E-state index in [1.165, 1.54) is 64.5 Å². The van der Waals surface area contributed by atoms with Gasteiger partial charge < -0.3 is 10.1 Å². The topological polar surface area (TPSA) is 21.3 Å². The fraction of sp³-hybridized carbons (Fsp3) is 1.00. The third-order valence-corrected chi connectivity index (χ3v) is 4.88. The van der Waals surface area contributed by atoms with Crippen molar-refractivity contribution in [1.29, 1.82) is 0 Å². The summed E-state index contributed by atoms with van der Waals surface area (Å²) >= 11 is 0. The van der Waals surface area contributed by atoms with Gasteiger partial charge in [-0.15, -0.1) is 0 Å². The SMILES string of the molecule is CCCNCC1CCCCC1CC1CCOCC1. The molecule has 2 unspecified atom stereocenters. The maximum Gasteiger partial charge on any atom is 0.0468 e. The minimum absolute atomic E-state index is 0.952. The molecule has 18 heavy (non-hydrogen) atoms. The molecule has 0 bridgehead atoms. The summed E-state index contributed by atoms with van der Waals surface area (Å²) < 4.78 is 5.48. The van der Waals surface area contributed by atoms with Crippen molar-refractivity contribution >= 4 is 0 Å². The molecule has 1 aliphatic heterocycles. The lowest BCUT2D eigenvalue weighted by atomic mass is 9.73. The normalized spacial score (nSPS) is 30.5. The van der Waals surface area contributed by atoms with Crippen LogP contribution in [-0.4, -0.2) is 26.3 Å². The highest BCUT2D eigenvalue weighted by atomic mass is 16.5. The van der Waals surface area contributed by atoms with Gasteiger partial charge in [0.2, 0.25) is 0 Å². The van der Waals surface area contributed by atoms with E-state index in [0.29, 0.717) is 0 Å². The first-order chi connectivity index (χ1) is 8.90. The Morgan fingerprint density at radius 3 is 2.44 bits per heavy atom. The first-order valence-corrected chi connectivity index (χ1v) is 8.18. The van der Waals surface area contributed by atoms with Crippen LogP contribution in [0, 0.1) is 17.8 Å². The van der Waals surface area contributed by atoms with Crippen molar-refractivity contribution in [2.45, 2.75) is 58.3 Å². The fourth-order valence-electron chi connectivity index (χ4n) is 3.74. The van der Waals surface area contributed by atoms with Crippen LogP contribution in [0.25, 0.3) is 0 Å². The smallest absolute Gasteiger partial charge is 0.0468 e. The van der Waals surface area contributed by atoms with Crippen LogP contribution in [0.3, 0.4) is 0 Å². The molecule has 1 heterocycles. The van der Waals surface area contributed by atoms with Gasteiger partial charge in [0.25, 0.3) is 0 Å². The summed E-state index contributed by atoms with van der Waals surface area (Å²) in [5.74, 6) is 2.90. The van der Waals surface area contributed by atoms with Crippen molar-refractivity contribution in [2.75, 3.05) is 26.3 Å². The van der Waals surface area contributed by atoms with Crippen molar-refractivity contribution in [3.05, 3.63) is 0 Å². The molecule has 2 aliphatic rings. The van der Waals surface area contributed by atoms with Crippen molar-refractivity contribution < 1.29 is 4.74 Å². The van der Waals surface area contributed by atoms with E-state index in [9.17, 15) is 0 Å². The number of hydrogen-bond acceptors (Lipinski definition) is 2. The molecule has 2 rings (SSSR count). The van der Waals surface area contributed by atoms with Crippen LogP contribution < -0.4 is 5.32 Å². The van der Waals surface area contributed by atoms with E-state index in [1.807, 2.05) is 0 Å². The summed E-state index contributed by atoms with van der Waals surface area (Å²) in [6.45, 7) is 6.74. The highest BCUT2D eigenvalue weighted by molar-refractivity contribution is 4.80. The molecule has 2 heteroatoms. The molecule has 1 N–H and O–H groups in total. The molecule has 2 atom stereocenters. The number of ether oxygens (including phenoxy) is 1. The Morgan fingerprint density at radius 2 is 1.72 bits per heavy atom. The zero-order chi connectivity index (χ0) is 12.6. The average Bonchev–Trinajstić information content (AvgIpc) is 2.42. The molecule has 0 aromatic heterocycles. The highest BCUT2D eigenvalue weighted by Gasteiger charge is 2.27. The molecular weight excluding hydrogens is 222 g/mol. The van der Waals surface area contributed by atoms with Crippen LogP contribution in [0.15, 0.2) is 0 Å². The van der Waals surface area contributed by atoms with E-state index in [1.54, 1.807) is 0 Å². The van der Waals surface area contributed by atoms with Crippen LogP contribution in [-0.2, 0) is 4.74 Å². The third kappa shape index (κ3) is 4.55. The molecule has 2 nitrogen and oxygen atoms in total. The van der Waals surface area contributed by atoms with Gasteiger partial charge >= 0.3 is 0 Å². The Morgan fingerprint density at radius 1 is 1.00 bits per heavy atom. The average molecular weight is 253 g/mol. The van der Waals surface area contributed by atoms with Gasteiger partial charge in [0.15, 0.2) is 0 Å². The molecule has 0 radical (unpaired) electrons. The van der Waals surface area contributed by atoms with Gasteiger partial charge in [0.1, 0.15) is 0 Å². The van der Waals surface area contributed by atoms with Gasteiger partial charge in [-0.1, -0.05) is 26.2 Å². The zero-order valence-electron chi connectivity index (χ0n) is 12.1. The van der Waals surface area contributed by atoms with Crippen LogP contribution in [0.1, 0.15) is 58.3 Å². The van der Waals surface area contributed by atoms with Crippen molar-refractivity contribution in [1.82, 2.24) is 5.32 Å². The fourth-order valence-corrected chi connectivity index (χ4v) is 3.74. The van der Waals surface area contributed by atoms with E-state index in [2.05, 4.69) is 12.2 Å². The Bertz CT molecular complexity index is 213. The minimum Gasteiger partial charge on any atom is -0.381 e. The maximum atomic E-state index is 5.48. The summed E-state index contributed by atoms with van der Waals surface area (Å²) in [5, 5.41) is 3.65. The summed E-state index contributed by atoms with van der Waals surface area (Å²) in [4.78, 5) is 0. The quantitative estimate of drug-likeness (QED) is 0.730. The molecular formula is C16H31NO. The van der Waals surface area contributed by atoms with E-state index in [4.69, 9.17) is 4.74 Å². The predicted molar refractivity (Wildman–Crippen MR) is 76.8 cm³/mol. The molecule has 2 fully saturated rings. The first kappa shape index (κ1) is 14.3. The summed E-state index contributed by atoms with van der Waals surface area (Å²) in [7, 11) is 0. The van der Waals surface area contributed by atoms with Crippen LogP contribution in [0.5, 0.6) is 0 Å². The van der Waals surface area contributed by atoms with E-state index in [-0.39, 0.29) is 0 Å². The second-order valence-electron chi connectivity index (χ2n) is 6.30. The second kappa shape index (κ2) is 8.16. The molecule has 0 aromatic rings. The lowest BCUT2D eigenvalue weighted by molar-refractivity contribution is 0.0505. The van der Waals surface area contributed by atoms with E-state index >= 15 is 0 Å². The summed E-state index contributed by atoms with van der Waals surface area (Å²) in [6, 6.07) is 0. The van der Waals surface area contributed by atoms with Crippen LogP contribution in [0.4, 0.5) is 0 Å². The van der Waals surface area contributed by atoms with Crippen molar-refractivity contribution in [2.24, 2.45) is 17.8 Å². The summed E-state index contributed by atoms with van der Waals surface area (Å²) in [5.41, 5.74) is 0. The molecule has 106 valence electrons. The molecule has 1 saturated carbocycles. The number of hydrogen-bond donors (Lipinski definition) is 1. The van der Waals surface area contributed by atoms with Crippen molar-refractivity contribution in [3.63, 3.8) is 0 Å². The maximum absolute atomic E-state index is 5.48. The highest BCUT2D eigenvalue weighted by Crippen LogP contribution is 2.36. The third-order valence-electron chi connectivity index (χ3n) is 4.88. The van der Waals surface area contributed by atoms with Crippen molar-refractivity contribution in [3.8, 4) is 0 Å². The Balaban J connectivity index is 1.75. The van der Waals surface area contributed by atoms with Crippen LogP contribution >= 0.6 is 0 Å². The van der Waals surface area contributed by atoms with Gasteiger partial charge in [-0.05, 0) is 62.9 Å². The summed E-state index contributed by atoms with van der Waals surface area (Å²) in [6.07, 6.45) is 11.2. The lowest BCUT2D eigenvalue weighted by Crippen LogP contribution is -2.32. The standard InChI is InChI=1S/C16H31NO/c1-2-9-17-13-16-6-4-3-5-15(16)12-14-7-10-18-11-8-14/h14-17H,2-13H2,1H3. The molecule has 0 amide bonds. The molecule has 0 spiro atoms. The van der Waals surface area contributed by atoms with Gasteiger partial charge in [0, 0.05) is 13.2 Å². The second-order valence-corrected chi connectivity index (χ2v) is 6.30. The molecule has 0 aromatic carbocycles. The Kier molecular flexibility index (Phi) is 6.50. The van der Waals surface area contributed by atoms with Gasteiger partial charge in [-0.3, -0.25) is 0 Å². The van der Waals surface area contributed by atoms with Crippen LogP contribution in [0.2, 0.25) is 0 Å². The van der Waals surface area contributed by atoms with Gasteiger partial charge in [-0.25, -0.2) is 0 Å². The van der Waals surface area contributed by atoms with Gasteiger partial charge in [-0.2, -0.15) is 0 Å². The first-order valence-electron chi connectivity index (χ1n) is 8.18. The Hall–Kier alpha value is -0.0800. The molecule has 1 saturated heterocycles.